The minimum Gasteiger partial charge on any atom is -0.497 e. The van der Waals surface area contributed by atoms with Gasteiger partial charge < -0.3 is 4.74 Å². The van der Waals surface area contributed by atoms with Gasteiger partial charge in [-0.1, -0.05) is 23.9 Å². The molecule has 7 heteroatoms. The number of thiophene rings is 1. The molecule has 5 nitrogen and oxygen atoms in total. The molecule has 3 rings (SSSR count). The van der Waals surface area contributed by atoms with Crippen molar-refractivity contribution in [1.82, 2.24) is 14.8 Å². The average molecular weight is 359 g/mol. The number of hydrogen-bond acceptors (Lipinski definition) is 6. The van der Waals surface area contributed by atoms with E-state index >= 15 is 0 Å². The van der Waals surface area contributed by atoms with Crippen LogP contribution in [0.3, 0.4) is 0 Å². The Labute approximate surface area is 148 Å². The first-order valence-electron chi connectivity index (χ1n) is 7.52. The van der Waals surface area contributed by atoms with Crippen LogP contribution in [-0.2, 0) is 0 Å². The molecule has 2 heterocycles. The van der Waals surface area contributed by atoms with E-state index in [-0.39, 0.29) is 5.78 Å². The SMILES string of the molecule is COc1cccc(-n2cnnc2SCCCC(=O)c2cccs2)c1. The third-order valence-corrected chi connectivity index (χ3v) is 5.36. The van der Waals surface area contributed by atoms with Gasteiger partial charge in [-0.2, -0.15) is 0 Å². The molecule has 0 aliphatic heterocycles. The Morgan fingerprint density at radius 1 is 1.33 bits per heavy atom. The molecule has 124 valence electrons. The smallest absolute Gasteiger partial charge is 0.195 e. The lowest BCUT2D eigenvalue weighted by atomic mass is 10.2. The zero-order valence-electron chi connectivity index (χ0n) is 13.2. The van der Waals surface area contributed by atoms with Gasteiger partial charge in [0.15, 0.2) is 10.9 Å². The molecule has 0 saturated heterocycles. The van der Waals surface area contributed by atoms with Crippen LogP contribution >= 0.6 is 23.1 Å². The highest BCUT2D eigenvalue weighted by molar-refractivity contribution is 7.99. The summed E-state index contributed by atoms with van der Waals surface area (Å²) in [6.07, 6.45) is 3.06. The summed E-state index contributed by atoms with van der Waals surface area (Å²) in [5, 5.41) is 10.9. The number of aromatic nitrogens is 3. The van der Waals surface area contributed by atoms with Crippen LogP contribution in [0, 0.1) is 0 Å². The maximum absolute atomic E-state index is 12.0. The Morgan fingerprint density at radius 3 is 3.04 bits per heavy atom. The zero-order valence-corrected chi connectivity index (χ0v) is 14.8. The molecule has 0 amide bonds. The summed E-state index contributed by atoms with van der Waals surface area (Å²) in [6.45, 7) is 0. The van der Waals surface area contributed by atoms with Crippen LogP contribution in [0.4, 0.5) is 0 Å². The van der Waals surface area contributed by atoms with Gasteiger partial charge in [0.2, 0.25) is 0 Å². The van der Waals surface area contributed by atoms with Crippen LogP contribution in [0.2, 0.25) is 0 Å². The molecule has 0 fully saturated rings. The van der Waals surface area contributed by atoms with E-state index in [1.165, 1.54) is 11.3 Å². The Hall–Kier alpha value is -2.12. The molecule has 0 unspecified atom stereocenters. The Kier molecular flexibility index (Phi) is 5.66. The summed E-state index contributed by atoms with van der Waals surface area (Å²) >= 11 is 3.10. The molecule has 0 bridgehead atoms. The fourth-order valence-corrected chi connectivity index (χ4v) is 3.78. The number of ether oxygens (including phenoxy) is 1. The van der Waals surface area contributed by atoms with Gasteiger partial charge in [0, 0.05) is 18.2 Å². The van der Waals surface area contributed by atoms with E-state index in [9.17, 15) is 4.79 Å². The van der Waals surface area contributed by atoms with Crippen molar-refractivity contribution in [2.24, 2.45) is 0 Å². The van der Waals surface area contributed by atoms with Crippen molar-refractivity contribution in [1.29, 1.82) is 0 Å². The van der Waals surface area contributed by atoms with Gasteiger partial charge in [0.05, 0.1) is 17.7 Å². The molecular weight excluding hydrogens is 342 g/mol. The molecule has 24 heavy (non-hydrogen) atoms. The van der Waals surface area contributed by atoms with Crippen molar-refractivity contribution in [3.05, 3.63) is 53.0 Å². The summed E-state index contributed by atoms with van der Waals surface area (Å²) in [5.74, 6) is 1.82. The Morgan fingerprint density at radius 2 is 2.25 bits per heavy atom. The van der Waals surface area contributed by atoms with Gasteiger partial charge in [-0.3, -0.25) is 9.36 Å². The molecular formula is C17H17N3O2S2. The number of carbonyl (C=O) groups is 1. The van der Waals surface area contributed by atoms with E-state index in [0.717, 1.165) is 33.6 Å². The normalized spacial score (nSPS) is 10.7. The van der Waals surface area contributed by atoms with Gasteiger partial charge >= 0.3 is 0 Å². The lowest BCUT2D eigenvalue weighted by molar-refractivity contribution is 0.0986. The highest BCUT2D eigenvalue weighted by atomic mass is 32.2. The van der Waals surface area contributed by atoms with Crippen molar-refractivity contribution < 1.29 is 9.53 Å². The van der Waals surface area contributed by atoms with E-state index in [2.05, 4.69) is 10.2 Å². The number of rotatable bonds is 8. The highest BCUT2D eigenvalue weighted by Crippen LogP contribution is 2.23. The Balaban J connectivity index is 1.57. The molecule has 0 atom stereocenters. The topological polar surface area (TPSA) is 57.0 Å². The number of carbonyl (C=O) groups excluding carboxylic acids is 1. The van der Waals surface area contributed by atoms with Crippen molar-refractivity contribution >= 4 is 28.9 Å². The predicted molar refractivity (Wildman–Crippen MR) is 96.5 cm³/mol. The molecule has 0 N–H and O–H groups in total. The molecule has 2 aromatic heterocycles. The summed E-state index contributed by atoms with van der Waals surface area (Å²) in [4.78, 5) is 12.8. The van der Waals surface area contributed by atoms with Crippen molar-refractivity contribution in [3.63, 3.8) is 0 Å². The van der Waals surface area contributed by atoms with Crippen molar-refractivity contribution in [3.8, 4) is 11.4 Å². The summed E-state index contributed by atoms with van der Waals surface area (Å²) in [7, 11) is 1.64. The number of nitrogens with zero attached hydrogens (tertiary/aromatic N) is 3. The average Bonchev–Trinajstić information content (AvgIpc) is 3.30. The second-order valence-electron chi connectivity index (χ2n) is 5.04. The molecule has 0 aliphatic carbocycles. The lowest BCUT2D eigenvalue weighted by Crippen LogP contribution is -1.99. The van der Waals surface area contributed by atoms with Gasteiger partial charge in [-0.05, 0) is 30.0 Å². The maximum atomic E-state index is 12.0. The van der Waals surface area contributed by atoms with Gasteiger partial charge in [-0.15, -0.1) is 21.5 Å². The van der Waals surface area contributed by atoms with E-state index in [4.69, 9.17) is 4.74 Å². The number of ketones is 1. The number of Topliss-reactive ketones (excluding diaryl/α,β-unsaturated/α-hetero) is 1. The third kappa shape index (κ3) is 4.04. The number of benzene rings is 1. The van der Waals surface area contributed by atoms with Crippen LogP contribution in [-0.4, -0.2) is 33.4 Å². The second-order valence-corrected chi connectivity index (χ2v) is 7.05. The fraction of sp³-hybridized carbons (Fsp3) is 0.235. The molecule has 0 spiro atoms. The van der Waals surface area contributed by atoms with Crippen LogP contribution in [0.1, 0.15) is 22.5 Å². The molecule has 0 aliphatic rings. The lowest BCUT2D eigenvalue weighted by Gasteiger charge is -2.07. The monoisotopic (exact) mass is 359 g/mol. The first kappa shape index (κ1) is 16.7. The number of thioether (sulfide) groups is 1. The molecule has 0 saturated carbocycles. The zero-order chi connectivity index (χ0) is 16.8. The van der Waals surface area contributed by atoms with Crippen molar-refractivity contribution in [2.75, 3.05) is 12.9 Å². The molecule has 3 aromatic rings. The summed E-state index contributed by atoms with van der Waals surface area (Å²) < 4.78 is 7.18. The van der Waals surface area contributed by atoms with Gasteiger partial charge in [0.1, 0.15) is 12.1 Å². The van der Waals surface area contributed by atoms with Crippen LogP contribution < -0.4 is 4.74 Å². The fourth-order valence-electron chi connectivity index (χ4n) is 2.22. The first-order chi connectivity index (χ1) is 11.8. The van der Waals surface area contributed by atoms with Crippen LogP contribution in [0.5, 0.6) is 5.75 Å². The largest absolute Gasteiger partial charge is 0.497 e. The van der Waals surface area contributed by atoms with Crippen LogP contribution in [0.15, 0.2) is 53.3 Å². The predicted octanol–water partition coefficient (Wildman–Crippen LogP) is 4.09. The second kappa shape index (κ2) is 8.12. The third-order valence-electron chi connectivity index (χ3n) is 3.42. The maximum Gasteiger partial charge on any atom is 0.195 e. The summed E-state index contributed by atoms with van der Waals surface area (Å²) in [6, 6.07) is 11.5. The standard InChI is InChI=1S/C17H17N3O2S2/c1-22-14-6-2-5-13(11-14)20-12-18-19-17(20)24-10-3-7-15(21)16-8-4-9-23-16/h2,4-6,8-9,11-12H,3,7,10H2,1H3. The Bertz CT molecular complexity index is 800. The number of methoxy groups -OCH3 is 1. The van der Waals surface area contributed by atoms with E-state index in [1.807, 2.05) is 46.3 Å². The first-order valence-corrected chi connectivity index (χ1v) is 9.38. The quantitative estimate of drug-likeness (QED) is 0.344. The minimum atomic E-state index is 0.208. The van der Waals surface area contributed by atoms with E-state index in [1.54, 1.807) is 25.2 Å². The van der Waals surface area contributed by atoms with Gasteiger partial charge in [0.25, 0.3) is 0 Å². The molecule has 1 aromatic carbocycles. The summed E-state index contributed by atoms with van der Waals surface area (Å²) in [5.41, 5.74) is 0.955. The highest BCUT2D eigenvalue weighted by Gasteiger charge is 2.10. The van der Waals surface area contributed by atoms with E-state index in [0.29, 0.717) is 6.42 Å². The van der Waals surface area contributed by atoms with Crippen molar-refractivity contribution in [2.45, 2.75) is 18.0 Å². The van der Waals surface area contributed by atoms with Crippen LogP contribution in [0.25, 0.3) is 5.69 Å². The van der Waals surface area contributed by atoms with Gasteiger partial charge in [-0.25, -0.2) is 0 Å². The molecule has 0 radical (unpaired) electrons. The minimum absolute atomic E-state index is 0.208. The number of hydrogen-bond donors (Lipinski definition) is 0. The van der Waals surface area contributed by atoms with E-state index < -0.39 is 0 Å².